The van der Waals surface area contributed by atoms with Crippen LogP contribution in [0.3, 0.4) is 0 Å². The minimum Gasteiger partial charge on any atom is -0.378 e. The van der Waals surface area contributed by atoms with E-state index in [9.17, 15) is 9.59 Å². The predicted octanol–water partition coefficient (Wildman–Crippen LogP) is 2.53. The van der Waals surface area contributed by atoms with E-state index in [0.29, 0.717) is 31.8 Å². The number of benzene rings is 1. The Morgan fingerprint density at radius 3 is 2.46 bits per heavy atom. The van der Waals surface area contributed by atoms with Crippen molar-refractivity contribution >= 4 is 24.2 Å². The van der Waals surface area contributed by atoms with E-state index in [1.807, 2.05) is 43.9 Å². The van der Waals surface area contributed by atoms with E-state index in [1.54, 1.807) is 6.07 Å². The number of aryl methyl sites for hydroxylation is 1. The quantitative estimate of drug-likeness (QED) is 0.644. The second kappa shape index (κ2) is 12.0. The molecule has 3 N–H and O–H groups in total. The summed E-state index contributed by atoms with van der Waals surface area (Å²) in [6.07, 6.45) is 2.71. The number of nitrogens with two attached hydrogens (primary N) is 1. The molecule has 7 heteroatoms. The van der Waals surface area contributed by atoms with Crippen molar-refractivity contribution in [2.24, 2.45) is 11.7 Å². The fourth-order valence-electron chi connectivity index (χ4n) is 3.33. The van der Waals surface area contributed by atoms with E-state index in [4.69, 9.17) is 10.5 Å². The highest BCUT2D eigenvalue weighted by Crippen LogP contribution is 2.17. The summed E-state index contributed by atoms with van der Waals surface area (Å²) in [6.45, 7) is 8.46. The van der Waals surface area contributed by atoms with E-state index in [2.05, 4.69) is 5.32 Å². The van der Waals surface area contributed by atoms with Gasteiger partial charge in [0.15, 0.2) is 0 Å². The Labute approximate surface area is 174 Å². The van der Waals surface area contributed by atoms with Crippen molar-refractivity contribution < 1.29 is 14.3 Å². The highest BCUT2D eigenvalue weighted by atomic mass is 35.5. The zero-order valence-electron chi connectivity index (χ0n) is 17.1. The molecule has 1 aromatic carbocycles. The number of carbonyl (C=O) groups is 2. The lowest BCUT2D eigenvalue weighted by atomic mass is 9.99. The molecular formula is C21H34ClN3O3. The van der Waals surface area contributed by atoms with Crippen LogP contribution in [0.25, 0.3) is 0 Å². The van der Waals surface area contributed by atoms with Crippen LogP contribution in [-0.2, 0) is 9.53 Å². The van der Waals surface area contributed by atoms with Gasteiger partial charge in [-0.15, -0.1) is 12.4 Å². The molecule has 1 aliphatic heterocycles. The average molecular weight is 412 g/mol. The molecule has 2 amide bonds. The van der Waals surface area contributed by atoms with Crippen LogP contribution in [0.5, 0.6) is 0 Å². The summed E-state index contributed by atoms with van der Waals surface area (Å²) in [5, 5.41) is 2.95. The SMILES string of the molecule is Cc1ccccc1C(=O)NC(C(=O)N1CCC(OCCCN)CC1)C(C)C.Cl. The molecular weight excluding hydrogens is 378 g/mol. The van der Waals surface area contributed by atoms with Gasteiger partial charge in [-0.2, -0.15) is 0 Å². The number of likely N-dealkylation sites (tertiary alicyclic amines) is 1. The second-order valence-corrected chi connectivity index (χ2v) is 7.55. The third-order valence-electron chi connectivity index (χ3n) is 5.06. The Morgan fingerprint density at radius 1 is 1.25 bits per heavy atom. The summed E-state index contributed by atoms with van der Waals surface area (Å²) < 4.78 is 5.81. The number of piperidine rings is 1. The topological polar surface area (TPSA) is 84.7 Å². The van der Waals surface area contributed by atoms with Gasteiger partial charge in [-0.1, -0.05) is 32.0 Å². The molecule has 1 heterocycles. The second-order valence-electron chi connectivity index (χ2n) is 7.55. The van der Waals surface area contributed by atoms with Gasteiger partial charge in [0.05, 0.1) is 6.10 Å². The summed E-state index contributed by atoms with van der Waals surface area (Å²) in [7, 11) is 0. The number of nitrogens with zero attached hydrogens (tertiary/aromatic N) is 1. The summed E-state index contributed by atoms with van der Waals surface area (Å²) >= 11 is 0. The van der Waals surface area contributed by atoms with Crippen molar-refractivity contribution in [3.8, 4) is 0 Å². The van der Waals surface area contributed by atoms with Crippen molar-refractivity contribution in [2.45, 2.75) is 52.2 Å². The van der Waals surface area contributed by atoms with Crippen molar-refractivity contribution in [3.63, 3.8) is 0 Å². The lowest BCUT2D eigenvalue weighted by Gasteiger charge is -2.35. The fraction of sp³-hybridized carbons (Fsp3) is 0.619. The molecule has 0 aliphatic carbocycles. The zero-order chi connectivity index (χ0) is 19.8. The zero-order valence-corrected chi connectivity index (χ0v) is 18.0. The molecule has 0 bridgehead atoms. The molecule has 1 fully saturated rings. The van der Waals surface area contributed by atoms with Crippen LogP contribution in [-0.4, -0.2) is 55.1 Å². The maximum absolute atomic E-state index is 13.0. The normalized spacial score (nSPS) is 15.8. The smallest absolute Gasteiger partial charge is 0.252 e. The molecule has 6 nitrogen and oxygen atoms in total. The molecule has 0 radical (unpaired) electrons. The Balaban J connectivity index is 0.00000392. The average Bonchev–Trinajstić information content (AvgIpc) is 2.66. The molecule has 0 spiro atoms. The highest BCUT2D eigenvalue weighted by Gasteiger charge is 2.31. The Morgan fingerprint density at radius 2 is 1.89 bits per heavy atom. The van der Waals surface area contributed by atoms with Crippen LogP contribution in [0.4, 0.5) is 0 Å². The van der Waals surface area contributed by atoms with Gasteiger partial charge in [0.1, 0.15) is 6.04 Å². The fourth-order valence-corrected chi connectivity index (χ4v) is 3.33. The number of amides is 2. The number of hydrogen-bond acceptors (Lipinski definition) is 4. The molecule has 28 heavy (non-hydrogen) atoms. The molecule has 0 aromatic heterocycles. The molecule has 1 aromatic rings. The van der Waals surface area contributed by atoms with E-state index in [-0.39, 0.29) is 36.2 Å². The maximum atomic E-state index is 13.0. The summed E-state index contributed by atoms with van der Waals surface area (Å²) in [6, 6.07) is 6.90. The van der Waals surface area contributed by atoms with Crippen molar-refractivity contribution in [1.82, 2.24) is 10.2 Å². The Kier molecular flexibility index (Phi) is 10.5. The first kappa shape index (κ1) is 24.4. The van der Waals surface area contributed by atoms with Crippen molar-refractivity contribution in [3.05, 3.63) is 35.4 Å². The number of carbonyl (C=O) groups excluding carboxylic acids is 2. The Hall–Kier alpha value is -1.63. The molecule has 158 valence electrons. The van der Waals surface area contributed by atoms with E-state index in [0.717, 1.165) is 24.8 Å². The molecule has 1 atom stereocenters. The first-order valence-electron chi connectivity index (χ1n) is 9.91. The van der Waals surface area contributed by atoms with Crippen LogP contribution in [0.15, 0.2) is 24.3 Å². The molecule has 1 aliphatic rings. The number of ether oxygens (including phenoxy) is 1. The van der Waals surface area contributed by atoms with Gasteiger partial charge in [0, 0.05) is 25.3 Å². The molecule has 0 saturated carbocycles. The van der Waals surface area contributed by atoms with Crippen molar-refractivity contribution in [1.29, 1.82) is 0 Å². The third-order valence-corrected chi connectivity index (χ3v) is 5.06. The molecule has 1 saturated heterocycles. The van der Waals surface area contributed by atoms with E-state index < -0.39 is 6.04 Å². The van der Waals surface area contributed by atoms with Gasteiger partial charge in [-0.05, 0) is 50.3 Å². The number of halogens is 1. The predicted molar refractivity (Wildman–Crippen MR) is 114 cm³/mol. The maximum Gasteiger partial charge on any atom is 0.252 e. The lowest BCUT2D eigenvalue weighted by Crippen LogP contribution is -2.53. The van der Waals surface area contributed by atoms with Crippen LogP contribution < -0.4 is 11.1 Å². The van der Waals surface area contributed by atoms with Gasteiger partial charge in [-0.25, -0.2) is 0 Å². The van der Waals surface area contributed by atoms with Crippen LogP contribution >= 0.6 is 12.4 Å². The number of hydrogen-bond donors (Lipinski definition) is 2. The molecule has 2 rings (SSSR count). The first-order chi connectivity index (χ1) is 12.9. The third kappa shape index (κ3) is 6.76. The van der Waals surface area contributed by atoms with Crippen LogP contribution in [0.2, 0.25) is 0 Å². The summed E-state index contributed by atoms with van der Waals surface area (Å²) in [4.78, 5) is 27.5. The van der Waals surface area contributed by atoms with Gasteiger partial charge >= 0.3 is 0 Å². The van der Waals surface area contributed by atoms with Crippen molar-refractivity contribution in [2.75, 3.05) is 26.2 Å². The minimum absolute atomic E-state index is 0. The van der Waals surface area contributed by atoms with Crippen LogP contribution in [0, 0.1) is 12.8 Å². The lowest BCUT2D eigenvalue weighted by molar-refractivity contribution is -0.137. The van der Waals surface area contributed by atoms with Gasteiger partial charge < -0.3 is 20.7 Å². The highest BCUT2D eigenvalue weighted by molar-refractivity contribution is 5.98. The summed E-state index contributed by atoms with van der Waals surface area (Å²) in [5.41, 5.74) is 7.01. The largest absolute Gasteiger partial charge is 0.378 e. The monoisotopic (exact) mass is 411 g/mol. The van der Waals surface area contributed by atoms with E-state index >= 15 is 0 Å². The minimum atomic E-state index is -0.521. The number of nitrogens with one attached hydrogen (secondary N) is 1. The van der Waals surface area contributed by atoms with Crippen LogP contribution in [0.1, 0.15) is 49.0 Å². The molecule has 1 unspecified atom stereocenters. The number of rotatable bonds is 8. The van der Waals surface area contributed by atoms with E-state index in [1.165, 1.54) is 0 Å². The first-order valence-corrected chi connectivity index (χ1v) is 9.91. The Bertz CT molecular complexity index is 631. The summed E-state index contributed by atoms with van der Waals surface area (Å²) in [5.74, 6) is -0.184. The van der Waals surface area contributed by atoms with Gasteiger partial charge in [0.25, 0.3) is 5.91 Å². The van der Waals surface area contributed by atoms with Gasteiger partial charge in [-0.3, -0.25) is 9.59 Å². The standard InChI is InChI=1S/C21H33N3O3.ClH/c1-15(2)19(23-20(25)18-8-5-4-7-16(18)3)21(26)24-12-9-17(10-13-24)27-14-6-11-22;/h4-5,7-8,15,17,19H,6,9-14,22H2,1-3H3,(H,23,25);1H. The van der Waals surface area contributed by atoms with Gasteiger partial charge in [0.2, 0.25) is 5.91 Å².